The molecular weight excluding hydrogens is 294 g/mol. The second-order valence-corrected chi connectivity index (χ2v) is 5.00. The monoisotopic (exact) mass is 303 g/mol. The second-order valence-electron chi connectivity index (χ2n) is 4.16. The van der Waals surface area contributed by atoms with Gasteiger partial charge in [0.2, 0.25) is 0 Å². The Morgan fingerprint density at radius 3 is 2.95 bits per heavy atom. The molecule has 5 nitrogen and oxygen atoms in total. The third-order valence-electron chi connectivity index (χ3n) is 2.84. The molecule has 0 aliphatic rings. The van der Waals surface area contributed by atoms with Crippen molar-refractivity contribution in [3.63, 3.8) is 0 Å². The topological polar surface area (TPSA) is 79.6 Å². The zero-order valence-electron chi connectivity index (χ0n) is 10.2. The number of rotatable bonds is 2. The van der Waals surface area contributed by atoms with E-state index in [0.717, 1.165) is 22.2 Å². The maximum absolute atomic E-state index is 6.17. The fourth-order valence-corrected chi connectivity index (χ4v) is 2.30. The van der Waals surface area contributed by atoms with Crippen molar-refractivity contribution in [3.05, 3.63) is 41.6 Å². The van der Waals surface area contributed by atoms with E-state index in [0.29, 0.717) is 10.8 Å². The van der Waals surface area contributed by atoms with E-state index in [1.807, 2.05) is 18.2 Å². The third-order valence-corrected chi connectivity index (χ3v) is 3.24. The molecule has 7 heteroatoms. The maximum Gasteiger partial charge on any atom is 0.169 e. The van der Waals surface area contributed by atoms with Crippen molar-refractivity contribution in [2.75, 3.05) is 5.32 Å². The van der Waals surface area contributed by atoms with E-state index in [1.54, 1.807) is 18.3 Å². The van der Waals surface area contributed by atoms with Gasteiger partial charge < -0.3 is 11.1 Å². The number of benzene rings is 1. The number of H-pyrrole nitrogens is 1. The number of nitrogens with two attached hydrogens (primary N) is 1. The number of fused-ring (bicyclic) bond motifs is 1. The smallest absolute Gasteiger partial charge is 0.169 e. The minimum Gasteiger partial charge on any atom is -0.376 e. The highest BCUT2D eigenvalue weighted by atomic mass is 35.5. The molecule has 0 aliphatic heterocycles. The molecule has 100 valence electrons. The maximum atomic E-state index is 6.17. The molecule has 3 aromatic rings. The summed E-state index contributed by atoms with van der Waals surface area (Å²) in [6.07, 6.45) is 1.70. The van der Waals surface area contributed by atoms with Gasteiger partial charge in [-0.1, -0.05) is 17.7 Å². The number of pyridine rings is 1. The van der Waals surface area contributed by atoms with Gasteiger partial charge in [0.25, 0.3) is 0 Å². The van der Waals surface area contributed by atoms with Gasteiger partial charge in [0.05, 0.1) is 16.2 Å². The van der Waals surface area contributed by atoms with Crippen LogP contribution in [0.25, 0.3) is 22.2 Å². The molecule has 20 heavy (non-hydrogen) atoms. The van der Waals surface area contributed by atoms with Crippen molar-refractivity contribution in [3.8, 4) is 11.3 Å². The minimum atomic E-state index is 0.166. The fourth-order valence-electron chi connectivity index (χ4n) is 1.97. The Labute approximate surface area is 125 Å². The SMILES string of the molecule is NC(=S)Nc1n[nH]c2ccc(-c3ncccc3Cl)cc12. The lowest BCUT2D eigenvalue weighted by Gasteiger charge is -2.04. The van der Waals surface area contributed by atoms with Crippen LogP contribution in [0.2, 0.25) is 5.02 Å². The Kier molecular flexibility index (Phi) is 3.25. The van der Waals surface area contributed by atoms with Crippen molar-refractivity contribution in [1.82, 2.24) is 15.2 Å². The molecule has 0 radical (unpaired) electrons. The summed E-state index contributed by atoms with van der Waals surface area (Å²) in [5, 5.41) is 11.5. The number of halogens is 1. The Balaban J connectivity index is 2.14. The second kappa shape index (κ2) is 5.07. The summed E-state index contributed by atoms with van der Waals surface area (Å²) in [6, 6.07) is 9.38. The first-order valence-corrected chi connectivity index (χ1v) is 6.59. The molecule has 0 unspecified atom stereocenters. The summed E-state index contributed by atoms with van der Waals surface area (Å²) in [6.45, 7) is 0. The number of anilines is 1. The molecule has 3 rings (SSSR count). The predicted octanol–water partition coefficient (Wildman–Crippen LogP) is 2.93. The van der Waals surface area contributed by atoms with E-state index < -0.39 is 0 Å². The number of aromatic nitrogens is 3. The van der Waals surface area contributed by atoms with Crippen LogP contribution in [0.15, 0.2) is 36.5 Å². The third kappa shape index (κ3) is 2.31. The molecule has 0 spiro atoms. The molecule has 0 atom stereocenters. The number of hydrogen-bond donors (Lipinski definition) is 3. The Bertz CT molecular complexity index is 798. The van der Waals surface area contributed by atoms with E-state index in [2.05, 4.69) is 20.5 Å². The Morgan fingerprint density at radius 2 is 2.20 bits per heavy atom. The Hall–Kier alpha value is -2.18. The van der Waals surface area contributed by atoms with Gasteiger partial charge in [-0.25, -0.2) is 0 Å². The Morgan fingerprint density at radius 1 is 1.35 bits per heavy atom. The van der Waals surface area contributed by atoms with Crippen LogP contribution in [0.3, 0.4) is 0 Å². The van der Waals surface area contributed by atoms with Gasteiger partial charge in [0.15, 0.2) is 10.9 Å². The quantitative estimate of drug-likeness (QED) is 0.634. The standard InChI is InChI=1S/C13H10ClN5S/c14-9-2-1-5-16-11(9)7-3-4-10-8(6-7)12(19-18-10)17-13(15)20/h1-6H,(H4,15,17,18,19,20). The summed E-state index contributed by atoms with van der Waals surface area (Å²) in [5.41, 5.74) is 7.98. The zero-order chi connectivity index (χ0) is 14.1. The average Bonchev–Trinajstić information content (AvgIpc) is 2.81. The number of thiocarbonyl (C=S) groups is 1. The van der Waals surface area contributed by atoms with E-state index in [-0.39, 0.29) is 5.11 Å². The van der Waals surface area contributed by atoms with Crippen LogP contribution in [-0.4, -0.2) is 20.3 Å². The fraction of sp³-hybridized carbons (Fsp3) is 0. The average molecular weight is 304 g/mol. The summed E-state index contributed by atoms with van der Waals surface area (Å²) in [5.74, 6) is 0.585. The number of aromatic amines is 1. The van der Waals surface area contributed by atoms with Crippen LogP contribution < -0.4 is 11.1 Å². The summed E-state index contributed by atoms with van der Waals surface area (Å²) in [4.78, 5) is 4.30. The number of nitrogens with zero attached hydrogens (tertiary/aromatic N) is 2. The minimum absolute atomic E-state index is 0.166. The molecule has 0 amide bonds. The lowest BCUT2D eigenvalue weighted by molar-refractivity contribution is 1.12. The van der Waals surface area contributed by atoms with Gasteiger partial charge in [-0.3, -0.25) is 10.1 Å². The molecular formula is C13H10ClN5S. The molecule has 4 N–H and O–H groups in total. The highest BCUT2D eigenvalue weighted by Gasteiger charge is 2.10. The first kappa shape index (κ1) is 12.8. The first-order valence-electron chi connectivity index (χ1n) is 5.80. The van der Waals surface area contributed by atoms with Gasteiger partial charge in [-0.05, 0) is 36.5 Å². The first-order chi connectivity index (χ1) is 9.65. The van der Waals surface area contributed by atoms with Crippen LogP contribution in [0.4, 0.5) is 5.82 Å². The highest BCUT2D eigenvalue weighted by molar-refractivity contribution is 7.80. The van der Waals surface area contributed by atoms with Crippen molar-refractivity contribution in [2.45, 2.75) is 0 Å². The van der Waals surface area contributed by atoms with Crippen LogP contribution in [0.1, 0.15) is 0 Å². The van der Waals surface area contributed by atoms with E-state index in [1.165, 1.54) is 0 Å². The van der Waals surface area contributed by atoms with E-state index >= 15 is 0 Å². The lowest BCUT2D eigenvalue weighted by atomic mass is 10.1. The molecule has 0 saturated carbocycles. The number of hydrogen-bond acceptors (Lipinski definition) is 3. The highest BCUT2D eigenvalue weighted by Crippen LogP contribution is 2.30. The zero-order valence-corrected chi connectivity index (χ0v) is 11.8. The van der Waals surface area contributed by atoms with E-state index in [9.17, 15) is 0 Å². The van der Waals surface area contributed by atoms with Crippen molar-refractivity contribution in [2.24, 2.45) is 5.73 Å². The molecule has 0 fully saturated rings. The molecule has 2 heterocycles. The van der Waals surface area contributed by atoms with Gasteiger partial charge >= 0.3 is 0 Å². The summed E-state index contributed by atoms with van der Waals surface area (Å²) in [7, 11) is 0. The summed E-state index contributed by atoms with van der Waals surface area (Å²) < 4.78 is 0. The van der Waals surface area contributed by atoms with Crippen LogP contribution in [-0.2, 0) is 0 Å². The van der Waals surface area contributed by atoms with Gasteiger partial charge in [-0.2, -0.15) is 5.10 Å². The van der Waals surface area contributed by atoms with Crippen LogP contribution in [0, 0.1) is 0 Å². The van der Waals surface area contributed by atoms with Crippen molar-refractivity contribution < 1.29 is 0 Å². The number of nitrogens with one attached hydrogen (secondary N) is 2. The van der Waals surface area contributed by atoms with Gasteiger partial charge in [-0.15, -0.1) is 0 Å². The van der Waals surface area contributed by atoms with Crippen molar-refractivity contribution in [1.29, 1.82) is 0 Å². The van der Waals surface area contributed by atoms with E-state index in [4.69, 9.17) is 29.6 Å². The van der Waals surface area contributed by atoms with Gasteiger partial charge in [0, 0.05) is 17.1 Å². The molecule has 0 bridgehead atoms. The van der Waals surface area contributed by atoms with Gasteiger partial charge in [0.1, 0.15) is 0 Å². The normalized spacial score (nSPS) is 10.7. The molecule has 0 saturated heterocycles. The molecule has 1 aromatic carbocycles. The van der Waals surface area contributed by atoms with Crippen molar-refractivity contribution >= 4 is 45.7 Å². The van der Waals surface area contributed by atoms with Crippen LogP contribution in [0.5, 0.6) is 0 Å². The predicted molar refractivity (Wildman–Crippen MR) is 84.7 cm³/mol. The summed E-state index contributed by atoms with van der Waals surface area (Å²) >= 11 is 11.0. The van der Waals surface area contributed by atoms with Crippen LogP contribution >= 0.6 is 23.8 Å². The lowest BCUT2D eigenvalue weighted by Crippen LogP contribution is -2.19. The largest absolute Gasteiger partial charge is 0.376 e. The molecule has 0 aliphatic carbocycles. The molecule has 2 aromatic heterocycles.